The van der Waals surface area contributed by atoms with E-state index in [2.05, 4.69) is 39.1 Å². The Hall–Kier alpha value is -5.72. The Morgan fingerprint density at radius 2 is 0.810 bits per heavy atom. The van der Waals surface area contributed by atoms with Crippen LogP contribution in [0.4, 0.5) is 9.59 Å². The van der Waals surface area contributed by atoms with Crippen molar-refractivity contribution >= 4 is 24.2 Å². The summed E-state index contributed by atoms with van der Waals surface area (Å²) >= 11 is 0. The Morgan fingerprint density at radius 3 is 1.21 bits per heavy atom. The molecule has 0 amide bonds. The standard InChI is InChI=1S/C30H22O12/c31-27(25-15-7-13-23(19-25)21-9-3-1-4-10-21)37-41-39-29(33)35-17-18-36-30(34)40-42-38-28(32)26-16-8-14-24(20-26)22-11-5-2-6-12-22/h1-16,19-20H,17-18H2. The molecule has 4 aromatic rings. The molecule has 0 unspecified atom stereocenters. The van der Waals surface area contributed by atoms with Crippen molar-refractivity contribution in [3.63, 3.8) is 0 Å². The molecule has 0 aromatic heterocycles. The van der Waals surface area contributed by atoms with Crippen molar-refractivity contribution in [1.29, 1.82) is 0 Å². The average Bonchev–Trinajstić information content (AvgIpc) is 3.04. The molecule has 0 spiro atoms. The van der Waals surface area contributed by atoms with E-state index in [0.29, 0.717) is 0 Å². The molecular weight excluding hydrogens is 552 g/mol. The molecule has 12 heteroatoms. The zero-order chi connectivity index (χ0) is 29.6. The molecule has 0 atom stereocenters. The Kier molecular flexibility index (Phi) is 10.6. The third-order valence-electron chi connectivity index (χ3n) is 5.36. The molecule has 0 radical (unpaired) electrons. The van der Waals surface area contributed by atoms with E-state index in [4.69, 9.17) is 0 Å². The van der Waals surface area contributed by atoms with Crippen molar-refractivity contribution in [3.05, 3.63) is 120 Å². The van der Waals surface area contributed by atoms with Gasteiger partial charge in [0.25, 0.3) is 0 Å². The largest absolute Gasteiger partial charge is 0.543 e. The van der Waals surface area contributed by atoms with Crippen molar-refractivity contribution in [2.45, 2.75) is 0 Å². The molecule has 0 aliphatic heterocycles. The highest BCUT2D eigenvalue weighted by molar-refractivity contribution is 5.91. The van der Waals surface area contributed by atoms with Crippen molar-refractivity contribution < 1.29 is 58.3 Å². The predicted octanol–water partition coefficient (Wildman–Crippen LogP) is 6.03. The number of hydrogen-bond donors (Lipinski definition) is 0. The van der Waals surface area contributed by atoms with E-state index in [9.17, 15) is 19.2 Å². The monoisotopic (exact) mass is 574 g/mol. The first-order chi connectivity index (χ1) is 20.5. The second kappa shape index (κ2) is 15.2. The van der Waals surface area contributed by atoms with Crippen LogP contribution in [0.5, 0.6) is 0 Å². The summed E-state index contributed by atoms with van der Waals surface area (Å²) in [5.74, 6) is -1.84. The van der Waals surface area contributed by atoms with Crippen LogP contribution < -0.4 is 0 Å². The van der Waals surface area contributed by atoms with Gasteiger partial charge in [0.05, 0.1) is 21.2 Å². The Labute approximate surface area is 238 Å². The molecule has 42 heavy (non-hydrogen) atoms. The number of hydrogen-bond acceptors (Lipinski definition) is 12. The van der Waals surface area contributed by atoms with Crippen molar-refractivity contribution in [1.82, 2.24) is 0 Å². The van der Waals surface area contributed by atoms with Crippen LogP contribution in [0.15, 0.2) is 109 Å². The summed E-state index contributed by atoms with van der Waals surface area (Å²) in [5, 5.41) is 8.31. The lowest BCUT2D eigenvalue weighted by atomic mass is 10.0. The predicted molar refractivity (Wildman–Crippen MR) is 142 cm³/mol. The van der Waals surface area contributed by atoms with E-state index in [-0.39, 0.29) is 11.1 Å². The number of carbonyl (C=O) groups excluding carboxylic acids is 4. The van der Waals surface area contributed by atoms with Gasteiger partial charge in [-0.25, -0.2) is 29.0 Å². The molecule has 0 bridgehead atoms. The molecule has 4 aromatic carbocycles. The normalized spacial score (nSPS) is 10.2. The molecule has 0 fully saturated rings. The Bertz CT molecular complexity index is 1390. The SMILES string of the molecule is O=C(OCCOC(=O)OOOC(=O)c1cccc(-c2ccccc2)c1)OOOC(=O)c1cccc(-c2ccccc2)c1. The maximum Gasteiger partial charge on any atom is 0.543 e. The van der Waals surface area contributed by atoms with E-state index in [0.717, 1.165) is 22.3 Å². The lowest BCUT2D eigenvalue weighted by Gasteiger charge is -2.06. The molecule has 4 rings (SSSR count). The van der Waals surface area contributed by atoms with E-state index in [1.165, 1.54) is 12.1 Å². The molecular formula is C30H22O12. The first kappa shape index (κ1) is 29.3. The zero-order valence-corrected chi connectivity index (χ0v) is 21.7. The summed E-state index contributed by atoms with van der Waals surface area (Å²) in [6, 6.07) is 31.7. The second-order valence-electron chi connectivity index (χ2n) is 8.13. The number of ether oxygens (including phenoxy) is 2. The van der Waals surface area contributed by atoms with E-state index in [1.807, 2.05) is 72.8 Å². The van der Waals surface area contributed by atoms with Gasteiger partial charge in [-0.05, 0) is 46.5 Å². The highest BCUT2D eigenvalue weighted by Crippen LogP contribution is 2.21. The number of benzene rings is 4. The number of carbonyl (C=O) groups is 4. The minimum absolute atomic E-state index is 0.147. The summed E-state index contributed by atoms with van der Waals surface area (Å²) in [4.78, 5) is 64.5. The molecule has 0 aliphatic carbocycles. The highest BCUT2D eigenvalue weighted by Gasteiger charge is 2.15. The van der Waals surface area contributed by atoms with Gasteiger partial charge in [-0.2, -0.15) is 0 Å². The van der Waals surface area contributed by atoms with E-state index >= 15 is 0 Å². The van der Waals surface area contributed by atoms with Gasteiger partial charge in [-0.1, -0.05) is 84.9 Å². The van der Waals surface area contributed by atoms with Gasteiger partial charge in [-0.3, -0.25) is 9.78 Å². The first-order valence-electron chi connectivity index (χ1n) is 12.2. The molecule has 0 heterocycles. The molecule has 0 N–H and O–H groups in total. The van der Waals surface area contributed by atoms with Crippen molar-refractivity contribution in [3.8, 4) is 22.3 Å². The van der Waals surface area contributed by atoms with Crippen LogP contribution in [0, 0.1) is 0 Å². The van der Waals surface area contributed by atoms with Crippen LogP contribution in [0.2, 0.25) is 0 Å². The minimum Gasteiger partial charge on any atom is -0.429 e. The van der Waals surface area contributed by atoms with Gasteiger partial charge in [0.1, 0.15) is 13.2 Å². The lowest BCUT2D eigenvalue weighted by Crippen LogP contribution is -2.17. The fraction of sp³-hybridized carbons (Fsp3) is 0.0667. The lowest BCUT2D eigenvalue weighted by molar-refractivity contribution is -0.453. The Morgan fingerprint density at radius 1 is 0.429 bits per heavy atom. The summed E-state index contributed by atoms with van der Waals surface area (Å²) < 4.78 is 9.14. The maximum absolute atomic E-state index is 12.1. The molecule has 12 nitrogen and oxygen atoms in total. The highest BCUT2D eigenvalue weighted by atomic mass is 17.5. The van der Waals surface area contributed by atoms with E-state index in [1.54, 1.807) is 24.3 Å². The third kappa shape index (κ3) is 8.91. The van der Waals surface area contributed by atoms with Crippen molar-refractivity contribution in [2.75, 3.05) is 13.2 Å². The quantitative estimate of drug-likeness (QED) is 0.0892. The summed E-state index contributed by atoms with van der Waals surface area (Å²) in [5.41, 5.74) is 3.60. The van der Waals surface area contributed by atoms with Gasteiger partial charge in [-0.15, -0.1) is 0 Å². The Balaban J connectivity index is 1.07. The van der Waals surface area contributed by atoms with Gasteiger partial charge in [0, 0.05) is 0 Å². The summed E-state index contributed by atoms with van der Waals surface area (Å²) in [7, 11) is 0. The fourth-order valence-electron chi connectivity index (χ4n) is 3.46. The maximum atomic E-state index is 12.1. The van der Waals surface area contributed by atoms with Crippen LogP contribution in [-0.4, -0.2) is 37.5 Å². The van der Waals surface area contributed by atoms with Crippen LogP contribution in [0.3, 0.4) is 0 Å². The van der Waals surface area contributed by atoms with Crippen LogP contribution in [0.25, 0.3) is 22.3 Å². The summed E-state index contributed by atoms with van der Waals surface area (Å²) in [6.45, 7) is -0.979. The van der Waals surface area contributed by atoms with E-state index < -0.39 is 37.5 Å². The molecule has 0 saturated carbocycles. The van der Waals surface area contributed by atoms with Crippen LogP contribution >= 0.6 is 0 Å². The topological polar surface area (TPSA) is 142 Å². The third-order valence-corrected chi connectivity index (χ3v) is 5.36. The second-order valence-corrected chi connectivity index (χ2v) is 8.13. The van der Waals surface area contributed by atoms with Gasteiger partial charge in [0.15, 0.2) is 0 Å². The van der Waals surface area contributed by atoms with Gasteiger partial charge in [0.2, 0.25) is 0 Å². The average molecular weight is 574 g/mol. The smallest absolute Gasteiger partial charge is 0.429 e. The van der Waals surface area contributed by atoms with Crippen LogP contribution in [-0.2, 0) is 39.1 Å². The first-order valence-corrected chi connectivity index (χ1v) is 12.2. The molecule has 214 valence electrons. The number of rotatable bonds is 11. The molecule has 0 aliphatic rings. The van der Waals surface area contributed by atoms with Gasteiger partial charge >= 0.3 is 24.2 Å². The fourth-order valence-corrected chi connectivity index (χ4v) is 3.46. The summed E-state index contributed by atoms with van der Waals surface area (Å²) in [6.07, 6.45) is -2.78. The minimum atomic E-state index is -1.39. The van der Waals surface area contributed by atoms with Gasteiger partial charge < -0.3 is 9.47 Å². The molecule has 0 saturated heterocycles. The zero-order valence-electron chi connectivity index (χ0n) is 21.7. The van der Waals surface area contributed by atoms with Crippen molar-refractivity contribution in [2.24, 2.45) is 0 Å². The van der Waals surface area contributed by atoms with Crippen LogP contribution in [0.1, 0.15) is 20.7 Å².